The first-order valence-corrected chi connectivity index (χ1v) is 10.6. The lowest BCUT2D eigenvalue weighted by molar-refractivity contribution is -0.113. The van der Waals surface area contributed by atoms with Crippen molar-refractivity contribution in [2.24, 2.45) is 0 Å². The molecule has 1 aromatic heterocycles. The number of thiocarbonyl (C=S) groups is 1. The highest BCUT2D eigenvalue weighted by Gasteiger charge is 2.33. The largest absolute Gasteiger partial charge is 0.494 e. The Hall–Kier alpha value is -2.09. The first kappa shape index (κ1) is 20.6. The zero-order chi connectivity index (χ0) is 19.9. The number of benzene rings is 1. The number of furan rings is 1. The molecule has 7 heteroatoms. The van der Waals surface area contributed by atoms with Crippen LogP contribution in [0.3, 0.4) is 0 Å². The van der Waals surface area contributed by atoms with Crippen molar-refractivity contribution in [1.82, 2.24) is 4.90 Å². The van der Waals surface area contributed by atoms with Gasteiger partial charge in [0.1, 0.15) is 5.75 Å². The summed E-state index contributed by atoms with van der Waals surface area (Å²) in [6.07, 6.45) is 5.94. The molecule has 0 saturated carbocycles. The Morgan fingerprint density at radius 3 is 2.61 bits per heavy atom. The van der Waals surface area contributed by atoms with E-state index < -0.39 is 0 Å². The third-order valence-electron chi connectivity index (χ3n) is 4.51. The molecule has 3 rings (SSSR count). The van der Waals surface area contributed by atoms with Crippen LogP contribution in [0.4, 0.5) is 5.69 Å². The van der Waals surface area contributed by atoms with Gasteiger partial charge in [-0.1, -0.05) is 37.8 Å². The Balaban J connectivity index is 1.58. The van der Waals surface area contributed by atoms with Crippen LogP contribution in [0.1, 0.15) is 25.8 Å². The molecule has 1 amide bonds. The van der Waals surface area contributed by atoms with Gasteiger partial charge in [-0.2, -0.15) is 0 Å². The fraction of sp³-hybridized carbons (Fsp3) is 0.333. The molecule has 28 heavy (non-hydrogen) atoms. The van der Waals surface area contributed by atoms with E-state index >= 15 is 0 Å². The zero-order valence-corrected chi connectivity index (χ0v) is 17.7. The maximum atomic E-state index is 12.7. The average Bonchev–Trinajstić information content (AvgIpc) is 3.31. The number of nitrogens with zero attached hydrogens (tertiary/aromatic N) is 2. The van der Waals surface area contributed by atoms with Crippen molar-refractivity contribution < 1.29 is 13.9 Å². The molecule has 148 valence electrons. The van der Waals surface area contributed by atoms with Crippen LogP contribution in [0, 0.1) is 0 Å². The molecule has 2 aromatic rings. The second-order valence-electron chi connectivity index (χ2n) is 6.30. The first-order valence-electron chi connectivity index (χ1n) is 9.37. The van der Waals surface area contributed by atoms with Gasteiger partial charge in [-0.05, 0) is 55.9 Å². The minimum Gasteiger partial charge on any atom is -0.494 e. The number of hydrogen-bond donors (Lipinski definition) is 0. The van der Waals surface area contributed by atoms with Crippen LogP contribution in [-0.2, 0) is 4.79 Å². The fourth-order valence-corrected chi connectivity index (χ4v) is 4.21. The van der Waals surface area contributed by atoms with E-state index in [1.54, 1.807) is 29.6 Å². The number of hydrogen-bond acceptors (Lipinski definition) is 6. The predicted molar refractivity (Wildman–Crippen MR) is 119 cm³/mol. The molecule has 2 heterocycles. The van der Waals surface area contributed by atoms with Gasteiger partial charge in [-0.3, -0.25) is 9.69 Å². The number of carbonyl (C=O) groups is 1. The predicted octanol–water partition coefficient (Wildman–Crippen LogP) is 4.80. The summed E-state index contributed by atoms with van der Waals surface area (Å²) in [5.74, 6) is 0.673. The molecule has 0 unspecified atom stereocenters. The van der Waals surface area contributed by atoms with Crippen LogP contribution >= 0.6 is 24.0 Å². The summed E-state index contributed by atoms with van der Waals surface area (Å²) in [4.78, 5) is 17.3. The Labute approximate surface area is 175 Å². The quantitative estimate of drug-likeness (QED) is 0.333. The number of ether oxygens (including phenoxy) is 1. The molecule has 1 aliphatic rings. The second kappa shape index (κ2) is 9.91. The lowest BCUT2D eigenvalue weighted by Crippen LogP contribution is -2.27. The summed E-state index contributed by atoms with van der Waals surface area (Å²) in [6, 6.07) is 9.30. The molecule has 0 atom stereocenters. The highest BCUT2D eigenvalue weighted by molar-refractivity contribution is 8.27. The van der Waals surface area contributed by atoms with Gasteiger partial charge in [-0.15, -0.1) is 0 Å². The van der Waals surface area contributed by atoms with Crippen LogP contribution in [0.25, 0.3) is 6.08 Å². The van der Waals surface area contributed by atoms with Gasteiger partial charge in [-0.25, -0.2) is 0 Å². The van der Waals surface area contributed by atoms with Crippen molar-refractivity contribution in [3.8, 4) is 5.75 Å². The Kier molecular flexibility index (Phi) is 7.30. The molecular formula is C21H24N2O3S2. The molecule has 0 radical (unpaired) electrons. The second-order valence-corrected chi connectivity index (χ2v) is 7.97. The van der Waals surface area contributed by atoms with Gasteiger partial charge in [0.25, 0.3) is 5.91 Å². The van der Waals surface area contributed by atoms with Gasteiger partial charge in [0.2, 0.25) is 0 Å². The van der Waals surface area contributed by atoms with E-state index in [-0.39, 0.29) is 5.91 Å². The monoisotopic (exact) mass is 416 g/mol. The smallest absolute Gasteiger partial charge is 0.270 e. The van der Waals surface area contributed by atoms with Crippen molar-refractivity contribution >= 4 is 46.0 Å². The standard InChI is InChI=1S/C21H24N2O3S2/c1-3-22(4-2)11-5-12-26-18-8-6-17(7-9-18)23-20(24)19(28-21(23)27)14-16-10-13-25-15-16/h6-10,13-15H,3-5,11-12H2,1-2H3/b19-14-. The van der Waals surface area contributed by atoms with E-state index in [1.165, 1.54) is 11.8 Å². The molecule has 1 saturated heterocycles. The van der Waals surface area contributed by atoms with Crippen LogP contribution < -0.4 is 9.64 Å². The molecule has 0 N–H and O–H groups in total. The van der Waals surface area contributed by atoms with Crippen molar-refractivity contribution in [1.29, 1.82) is 0 Å². The number of amides is 1. The van der Waals surface area contributed by atoms with Gasteiger partial charge in [0.05, 0.1) is 29.7 Å². The minimum absolute atomic E-state index is 0.121. The Morgan fingerprint density at radius 1 is 1.21 bits per heavy atom. The van der Waals surface area contributed by atoms with Gasteiger partial charge >= 0.3 is 0 Å². The average molecular weight is 417 g/mol. The van der Waals surface area contributed by atoms with Crippen LogP contribution in [0.15, 0.2) is 52.2 Å². The number of rotatable bonds is 9. The molecule has 1 aliphatic heterocycles. The number of anilines is 1. The fourth-order valence-electron chi connectivity index (χ4n) is 2.91. The summed E-state index contributed by atoms with van der Waals surface area (Å²) in [5, 5.41) is 0. The van der Waals surface area contributed by atoms with Gasteiger partial charge in [0.15, 0.2) is 4.32 Å². The third kappa shape index (κ3) is 5.04. The third-order valence-corrected chi connectivity index (χ3v) is 5.81. The highest BCUT2D eigenvalue weighted by atomic mass is 32.2. The molecular weight excluding hydrogens is 392 g/mol. The molecule has 1 fully saturated rings. The Bertz CT molecular complexity index is 828. The maximum absolute atomic E-state index is 12.7. The van der Waals surface area contributed by atoms with Gasteiger partial charge < -0.3 is 14.1 Å². The normalized spacial score (nSPS) is 15.8. The summed E-state index contributed by atoms with van der Waals surface area (Å²) in [6.45, 7) is 8.16. The molecule has 0 bridgehead atoms. The molecule has 1 aromatic carbocycles. The molecule has 0 spiro atoms. The summed E-state index contributed by atoms with van der Waals surface area (Å²) < 4.78 is 11.4. The molecule has 0 aliphatic carbocycles. The van der Waals surface area contributed by atoms with Crippen LogP contribution in [0.2, 0.25) is 0 Å². The Morgan fingerprint density at radius 2 is 1.96 bits per heavy atom. The van der Waals surface area contributed by atoms with Crippen LogP contribution in [-0.4, -0.2) is 41.4 Å². The SMILES string of the molecule is CCN(CC)CCCOc1ccc(N2C(=O)/C(=C/c3ccoc3)SC2=S)cc1. The highest BCUT2D eigenvalue weighted by Crippen LogP contribution is 2.36. The van der Waals surface area contributed by atoms with E-state index in [4.69, 9.17) is 21.4 Å². The van der Waals surface area contributed by atoms with Crippen molar-refractivity contribution in [3.05, 3.63) is 53.3 Å². The minimum atomic E-state index is -0.121. The topological polar surface area (TPSA) is 45.9 Å². The van der Waals surface area contributed by atoms with E-state index in [1.807, 2.05) is 24.3 Å². The lowest BCUT2D eigenvalue weighted by Gasteiger charge is -2.18. The van der Waals surface area contributed by atoms with Crippen molar-refractivity contribution in [2.45, 2.75) is 20.3 Å². The zero-order valence-electron chi connectivity index (χ0n) is 16.1. The van der Waals surface area contributed by atoms with Crippen LogP contribution in [0.5, 0.6) is 5.75 Å². The van der Waals surface area contributed by atoms with E-state index in [2.05, 4.69) is 18.7 Å². The lowest BCUT2D eigenvalue weighted by atomic mass is 10.2. The molecule has 5 nitrogen and oxygen atoms in total. The number of thioether (sulfide) groups is 1. The maximum Gasteiger partial charge on any atom is 0.270 e. The van der Waals surface area contributed by atoms with E-state index in [9.17, 15) is 4.79 Å². The van der Waals surface area contributed by atoms with Gasteiger partial charge in [0, 0.05) is 12.1 Å². The first-order chi connectivity index (χ1) is 13.6. The van der Waals surface area contributed by atoms with E-state index in [0.717, 1.165) is 43.1 Å². The van der Waals surface area contributed by atoms with E-state index in [0.29, 0.717) is 15.8 Å². The van der Waals surface area contributed by atoms with Crippen molar-refractivity contribution in [2.75, 3.05) is 31.1 Å². The summed E-state index contributed by atoms with van der Waals surface area (Å²) in [5.41, 5.74) is 1.59. The summed E-state index contributed by atoms with van der Waals surface area (Å²) in [7, 11) is 0. The summed E-state index contributed by atoms with van der Waals surface area (Å²) >= 11 is 6.70. The number of carbonyl (C=O) groups excluding carboxylic acids is 1. The van der Waals surface area contributed by atoms with Crippen molar-refractivity contribution in [3.63, 3.8) is 0 Å².